The van der Waals surface area contributed by atoms with Crippen molar-refractivity contribution in [2.75, 3.05) is 6.61 Å². The molecule has 0 radical (unpaired) electrons. The van der Waals surface area contributed by atoms with E-state index in [1.54, 1.807) is 13.8 Å². The van der Waals surface area contributed by atoms with Crippen LogP contribution >= 0.6 is 0 Å². The van der Waals surface area contributed by atoms with Crippen molar-refractivity contribution >= 4 is 23.4 Å². The van der Waals surface area contributed by atoms with Crippen LogP contribution < -0.4 is 5.32 Å². The predicted molar refractivity (Wildman–Crippen MR) is 158 cm³/mol. The molecule has 42 heavy (non-hydrogen) atoms. The highest BCUT2D eigenvalue weighted by Gasteiger charge is 2.60. The molecular formula is C35H43NO6. The number of rotatable bonds is 6. The molecule has 7 atom stereocenters. The van der Waals surface area contributed by atoms with Crippen molar-refractivity contribution in [2.45, 2.75) is 91.8 Å². The van der Waals surface area contributed by atoms with Crippen molar-refractivity contribution in [3.05, 3.63) is 64.6 Å². The number of carbonyl (C=O) groups excluding carboxylic acids is 3. The highest BCUT2D eigenvalue weighted by Crippen LogP contribution is 2.66. The summed E-state index contributed by atoms with van der Waals surface area (Å²) >= 11 is 0. The summed E-state index contributed by atoms with van der Waals surface area (Å²) in [5.74, 6) is 0.895. The first-order valence-corrected chi connectivity index (χ1v) is 15.6. The molecule has 1 heterocycles. The number of carbonyl (C=O) groups is 3. The third-order valence-electron chi connectivity index (χ3n) is 11.0. The fourth-order valence-corrected chi connectivity index (χ4v) is 9.11. The first-order chi connectivity index (χ1) is 20.1. The highest BCUT2D eigenvalue weighted by molar-refractivity contribution is 6.00. The van der Waals surface area contributed by atoms with Gasteiger partial charge in [0, 0.05) is 31.4 Å². The number of hydrogen-bond donors (Lipinski definition) is 1. The van der Waals surface area contributed by atoms with E-state index in [-0.39, 0.29) is 41.2 Å². The summed E-state index contributed by atoms with van der Waals surface area (Å²) in [5.41, 5.74) is 5.20. The lowest BCUT2D eigenvalue weighted by atomic mass is 9.47. The van der Waals surface area contributed by atoms with Crippen LogP contribution in [0.25, 0.3) is 5.57 Å². The van der Waals surface area contributed by atoms with E-state index in [1.165, 1.54) is 12.5 Å². The SMILES string of the molecule is CCOC(=O)C1=C(c2ccccc2)C(C2=C(NC(C)=O)[C@@]3(C)CC[C@H]4[C@@H](CC=C5C[C@@H](OC(C)=O)CC[C@@]54C)[C@@H]3C2)O1. The van der Waals surface area contributed by atoms with Crippen LogP contribution in [0.15, 0.2) is 59.0 Å². The lowest BCUT2D eigenvalue weighted by molar-refractivity contribution is -0.148. The van der Waals surface area contributed by atoms with Crippen LogP contribution in [0.1, 0.15) is 85.1 Å². The number of ether oxygens (including phenoxy) is 3. The maximum Gasteiger partial charge on any atom is 0.374 e. The Morgan fingerprint density at radius 2 is 1.74 bits per heavy atom. The zero-order valence-corrected chi connectivity index (χ0v) is 25.5. The van der Waals surface area contributed by atoms with Gasteiger partial charge in [-0.2, -0.15) is 0 Å². The van der Waals surface area contributed by atoms with Crippen LogP contribution in [0.3, 0.4) is 0 Å². The van der Waals surface area contributed by atoms with E-state index in [1.807, 2.05) is 30.3 Å². The number of fused-ring (bicyclic) bond motifs is 5. The van der Waals surface area contributed by atoms with Crippen LogP contribution in [0, 0.1) is 28.6 Å². The Balaban J connectivity index is 1.35. The standard InChI is InChI=1S/C35H43NO6/c1-6-40-33(39)31-29(22-10-8-7-9-11-22)30(42-31)26-19-28-25-13-12-23-18-24(41-21(3)38)14-16-34(23,4)27(25)15-17-35(28,5)32(26)36-20(2)37/h7-12,24-25,27-28,30H,6,13-19H2,1-5H3,(H,36,37)/t24-,25+,27-,28-,30?,34-,35-/m0/s1. The molecule has 224 valence electrons. The molecule has 6 rings (SSSR count). The molecule has 1 N–H and O–H groups in total. The number of nitrogens with one attached hydrogen (secondary N) is 1. The summed E-state index contributed by atoms with van der Waals surface area (Å²) in [4.78, 5) is 37.1. The summed E-state index contributed by atoms with van der Waals surface area (Å²) in [5, 5.41) is 3.27. The van der Waals surface area contributed by atoms with Crippen molar-refractivity contribution in [3.63, 3.8) is 0 Å². The minimum Gasteiger partial charge on any atom is -0.473 e. The molecule has 0 bridgehead atoms. The monoisotopic (exact) mass is 573 g/mol. The van der Waals surface area contributed by atoms with Crippen molar-refractivity contribution in [1.82, 2.24) is 5.32 Å². The second-order valence-corrected chi connectivity index (χ2v) is 13.3. The van der Waals surface area contributed by atoms with Crippen LogP contribution in [-0.4, -0.2) is 36.7 Å². The molecule has 1 amide bonds. The first-order valence-electron chi connectivity index (χ1n) is 15.6. The molecule has 7 heteroatoms. The van der Waals surface area contributed by atoms with Crippen LogP contribution in [-0.2, 0) is 28.6 Å². The summed E-state index contributed by atoms with van der Waals surface area (Å²) in [6, 6.07) is 9.90. The molecule has 2 fully saturated rings. The number of allylic oxidation sites excluding steroid dienone is 2. The summed E-state index contributed by atoms with van der Waals surface area (Å²) in [7, 11) is 0. The zero-order chi connectivity index (χ0) is 29.8. The molecule has 1 aliphatic heterocycles. The van der Waals surface area contributed by atoms with Crippen molar-refractivity contribution in [1.29, 1.82) is 0 Å². The van der Waals surface area contributed by atoms with Gasteiger partial charge in [-0.3, -0.25) is 9.59 Å². The van der Waals surface area contributed by atoms with Crippen molar-refractivity contribution in [3.8, 4) is 0 Å². The number of benzene rings is 1. The Labute approximate surface area is 248 Å². The van der Waals surface area contributed by atoms with Gasteiger partial charge >= 0.3 is 11.9 Å². The van der Waals surface area contributed by atoms with Crippen molar-refractivity contribution in [2.24, 2.45) is 28.6 Å². The van der Waals surface area contributed by atoms with E-state index in [2.05, 4.69) is 25.2 Å². The number of esters is 2. The molecule has 1 aromatic carbocycles. The van der Waals surface area contributed by atoms with Gasteiger partial charge in [-0.1, -0.05) is 55.8 Å². The smallest absolute Gasteiger partial charge is 0.374 e. The summed E-state index contributed by atoms with van der Waals surface area (Å²) < 4.78 is 17.3. The third kappa shape index (κ3) is 4.60. The average molecular weight is 574 g/mol. The quantitative estimate of drug-likeness (QED) is 0.319. The van der Waals surface area contributed by atoms with Gasteiger partial charge in [0.05, 0.1) is 12.2 Å². The lowest BCUT2D eigenvalue weighted by Crippen LogP contribution is -2.51. The van der Waals surface area contributed by atoms with E-state index in [9.17, 15) is 14.4 Å². The Hall–Kier alpha value is -3.35. The molecular weight excluding hydrogens is 530 g/mol. The largest absolute Gasteiger partial charge is 0.473 e. The highest BCUT2D eigenvalue weighted by atomic mass is 16.6. The van der Waals surface area contributed by atoms with Gasteiger partial charge in [-0.05, 0) is 79.8 Å². The minimum atomic E-state index is -0.446. The third-order valence-corrected chi connectivity index (χ3v) is 11.0. The van der Waals surface area contributed by atoms with E-state index in [4.69, 9.17) is 14.2 Å². The maximum atomic E-state index is 12.9. The molecule has 0 spiro atoms. The molecule has 7 nitrogen and oxygen atoms in total. The normalized spacial score (nSPS) is 35.1. The van der Waals surface area contributed by atoms with Gasteiger partial charge in [0.15, 0.2) is 6.10 Å². The molecule has 4 aliphatic carbocycles. The number of hydrogen-bond acceptors (Lipinski definition) is 6. The van der Waals surface area contributed by atoms with E-state index in [0.717, 1.165) is 67.4 Å². The van der Waals surface area contributed by atoms with Gasteiger partial charge < -0.3 is 19.5 Å². The summed E-state index contributed by atoms with van der Waals surface area (Å²) in [6.45, 7) is 9.89. The Kier molecular flexibility index (Phi) is 7.35. The van der Waals surface area contributed by atoms with Crippen LogP contribution in [0.2, 0.25) is 0 Å². The zero-order valence-electron chi connectivity index (χ0n) is 25.5. The number of amides is 1. The Morgan fingerprint density at radius 1 is 1.00 bits per heavy atom. The second kappa shape index (κ2) is 10.7. The minimum absolute atomic E-state index is 0.0223. The van der Waals surface area contributed by atoms with Gasteiger partial charge in [-0.15, -0.1) is 0 Å². The van der Waals surface area contributed by atoms with Gasteiger partial charge in [0.25, 0.3) is 0 Å². The van der Waals surface area contributed by atoms with E-state index >= 15 is 0 Å². The molecule has 0 aromatic heterocycles. The van der Waals surface area contributed by atoms with Crippen LogP contribution in [0.4, 0.5) is 0 Å². The lowest BCUT2D eigenvalue weighted by Gasteiger charge is -2.57. The van der Waals surface area contributed by atoms with Gasteiger partial charge in [0.2, 0.25) is 11.7 Å². The van der Waals surface area contributed by atoms with E-state index < -0.39 is 12.1 Å². The van der Waals surface area contributed by atoms with Crippen molar-refractivity contribution < 1.29 is 28.6 Å². The van der Waals surface area contributed by atoms with E-state index in [0.29, 0.717) is 17.8 Å². The van der Waals surface area contributed by atoms with Crippen LogP contribution in [0.5, 0.6) is 0 Å². The first kappa shape index (κ1) is 28.8. The Morgan fingerprint density at radius 3 is 2.43 bits per heavy atom. The van der Waals surface area contributed by atoms with Gasteiger partial charge in [0.1, 0.15) is 6.10 Å². The molecule has 1 unspecified atom stereocenters. The molecule has 1 aromatic rings. The predicted octanol–water partition coefficient (Wildman–Crippen LogP) is 6.25. The topological polar surface area (TPSA) is 90.9 Å². The fourth-order valence-electron chi connectivity index (χ4n) is 9.11. The fraction of sp³-hybridized carbons (Fsp3) is 0.571. The average Bonchev–Trinajstić information content (AvgIpc) is 3.20. The van der Waals surface area contributed by atoms with Gasteiger partial charge in [-0.25, -0.2) is 4.79 Å². The summed E-state index contributed by atoms with van der Waals surface area (Å²) in [6.07, 6.45) is 8.64. The molecule has 2 saturated carbocycles. The molecule has 0 saturated heterocycles. The molecule has 5 aliphatic rings. The maximum absolute atomic E-state index is 12.9. The second-order valence-electron chi connectivity index (χ2n) is 13.3. The Bertz CT molecular complexity index is 1390.